The van der Waals surface area contributed by atoms with E-state index in [2.05, 4.69) is 26.8 Å². The molecule has 23 nitrogen and oxygen atoms in total. The lowest BCUT2D eigenvalue weighted by atomic mass is 9.46. The van der Waals surface area contributed by atoms with E-state index in [1.165, 1.54) is 13.8 Å². The highest BCUT2D eigenvalue weighted by atomic mass is 16.8. The molecule has 9 aliphatic rings. The quantitative estimate of drug-likeness (QED) is 0.0771. The highest BCUT2D eigenvalue weighted by Gasteiger charge is 2.69. The highest BCUT2D eigenvalue weighted by molar-refractivity contribution is 5.28. The van der Waals surface area contributed by atoms with Crippen LogP contribution in [0.3, 0.4) is 0 Å². The van der Waals surface area contributed by atoms with E-state index in [0.717, 1.165) is 31.3 Å². The summed E-state index contributed by atoms with van der Waals surface area (Å²) in [4.78, 5) is 0. The number of aliphatic hydroxyl groups excluding tert-OH is 13. The van der Waals surface area contributed by atoms with Crippen molar-refractivity contribution in [1.29, 1.82) is 0 Å². The van der Waals surface area contributed by atoms with Crippen LogP contribution in [-0.4, -0.2) is 238 Å². The molecule has 5 saturated heterocycles. The van der Waals surface area contributed by atoms with Crippen LogP contribution in [0.15, 0.2) is 11.6 Å². The van der Waals surface area contributed by atoms with E-state index in [1.54, 1.807) is 0 Å². The molecule has 0 spiro atoms. The standard InChI is InChI=1S/C51H84O23/c1-19(18-66-47-43(39(61)35(57)29(16-52)70-47)72-45-41(63)37(59)33(55)21(3)67-45)9-12-51(65)20(2)32-28(74-51)15-27-25-8-7-23-13-24(14-31(54)50(23,6)26(25)10-11-49(27,32)5)69-48-44(40(62)36(58)30(17-53)71-48)73-46-42(64)38(60)34(56)22(4)68-46/h7,19-22,24-48,52-65H,8-18H2,1-6H3. The Morgan fingerprint density at radius 3 is 1.77 bits per heavy atom. The molecule has 74 heavy (non-hydrogen) atoms. The van der Waals surface area contributed by atoms with Crippen molar-refractivity contribution in [3.8, 4) is 0 Å². The minimum atomic E-state index is -1.71. The second-order valence-electron chi connectivity index (χ2n) is 23.9. The third-order valence-electron chi connectivity index (χ3n) is 19.6. The summed E-state index contributed by atoms with van der Waals surface area (Å²) >= 11 is 0. The number of hydrogen-bond acceptors (Lipinski definition) is 23. The van der Waals surface area contributed by atoms with Crippen molar-refractivity contribution in [3.05, 3.63) is 11.6 Å². The zero-order chi connectivity index (χ0) is 53.7. The van der Waals surface area contributed by atoms with Crippen LogP contribution in [0.4, 0.5) is 0 Å². The molecule has 23 heteroatoms. The lowest BCUT2D eigenvalue weighted by Crippen LogP contribution is -2.64. The topological polar surface area (TPSA) is 366 Å². The van der Waals surface area contributed by atoms with Crippen LogP contribution < -0.4 is 0 Å². The molecule has 9 rings (SSSR count). The van der Waals surface area contributed by atoms with Crippen molar-refractivity contribution in [2.75, 3.05) is 19.8 Å². The molecule has 0 bridgehead atoms. The maximum absolute atomic E-state index is 12.3. The molecule has 0 amide bonds. The predicted molar refractivity (Wildman–Crippen MR) is 250 cm³/mol. The second kappa shape index (κ2) is 22.0. The molecule has 5 heterocycles. The molecule has 32 atom stereocenters. The zero-order valence-corrected chi connectivity index (χ0v) is 43.0. The average Bonchev–Trinajstić information content (AvgIpc) is 3.81. The van der Waals surface area contributed by atoms with Gasteiger partial charge in [-0.25, -0.2) is 0 Å². The highest BCUT2D eigenvalue weighted by Crippen LogP contribution is 2.70. The van der Waals surface area contributed by atoms with Crippen LogP contribution in [0.25, 0.3) is 0 Å². The zero-order valence-electron chi connectivity index (χ0n) is 43.0. The van der Waals surface area contributed by atoms with Gasteiger partial charge in [-0.2, -0.15) is 0 Å². The minimum absolute atomic E-state index is 0.0453. The third kappa shape index (κ3) is 10.00. The first-order valence-electron chi connectivity index (χ1n) is 26.9. The summed E-state index contributed by atoms with van der Waals surface area (Å²) in [6, 6.07) is 0. The minimum Gasteiger partial charge on any atom is -0.394 e. The smallest absolute Gasteiger partial charge is 0.187 e. The van der Waals surface area contributed by atoms with Gasteiger partial charge in [0.15, 0.2) is 30.9 Å². The van der Waals surface area contributed by atoms with Crippen LogP contribution >= 0.6 is 0 Å². The van der Waals surface area contributed by atoms with E-state index in [0.29, 0.717) is 19.3 Å². The first-order valence-corrected chi connectivity index (χ1v) is 26.9. The molecule has 14 N–H and O–H groups in total. The lowest BCUT2D eigenvalue weighted by Gasteiger charge is -2.60. The summed E-state index contributed by atoms with van der Waals surface area (Å²) in [7, 11) is 0. The Morgan fingerprint density at radius 1 is 0.649 bits per heavy atom. The Hall–Kier alpha value is -1.18. The number of rotatable bonds is 14. The summed E-state index contributed by atoms with van der Waals surface area (Å²) in [5, 5.41) is 151. The van der Waals surface area contributed by atoms with Crippen molar-refractivity contribution in [2.24, 2.45) is 46.3 Å². The molecule has 32 unspecified atom stereocenters. The Kier molecular flexibility index (Phi) is 17.1. The average molecular weight is 1070 g/mol. The first-order chi connectivity index (χ1) is 34.9. The molecule has 426 valence electrons. The third-order valence-corrected chi connectivity index (χ3v) is 19.6. The van der Waals surface area contributed by atoms with Crippen molar-refractivity contribution < 1.29 is 114 Å². The second-order valence-corrected chi connectivity index (χ2v) is 23.9. The first kappa shape index (κ1) is 57.5. The largest absolute Gasteiger partial charge is 0.394 e. The van der Waals surface area contributed by atoms with Gasteiger partial charge in [-0.15, -0.1) is 0 Å². The maximum atomic E-state index is 12.3. The molecule has 0 aromatic carbocycles. The molecular weight excluding hydrogens is 981 g/mol. The van der Waals surface area contributed by atoms with Crippen LogP contribution in [0, 0.1) is 46.3 Å². The fraction of sp³-hybridized carbons (Fsp3) is 0.961. The van der Waals surface area contributed by atoms with Gasteiger partial charge >= 0.3 is 0 Å². The van der Waals surface area contributed by atoms with E-state index in [9.17, 15) is 71.5 Å². The summed E-state index contributed by atoms with van der Waals surface area (Å²) < 4.78 is 54.0. The van der Waals surface area contributed by atoms with Gasteiger partial charge in [-0.3, -0.25) is 0 Å². The summed E-state index contributed by atoms with van der Waals surface area (Å²) in [6.45, 7) is 10.1. The number of ether oxygens (including phenoxy) is 9. The molecule has 5 aliphatic heterocycles. The predicted octanol–water partition coefficient (Wildman–Crippen LogP) is -3.01. The van der Waals surface area contributed by atoms with Crippen LogP contribution in [0.2, 0.25) is 0 Å². The molecule has 4 aliphatic carbocycles. The van der Waals surface area contributed by atoms with Crippen LogP contribution in [0.1, 0.15) is 92.9 Å². The fourth-order valence-electron chi connectivity index (χ4n) is 15.0. The SMILES string of the molecule is CC(CCC1(O)OC2CC3C4CC=C5CC(OC6OC(CO)C(O)C(O)C6OC6OC(C)C(O)C(O)C6O)CC(O)C5(C)C4CCC3(C)C2C1C)COC1OC(CO)C(O)C(O)C1OC1OC(C)C(O)C(O)C1O. The Morgan fingerprint density at radius 2 is 1.20 bits per heavy atom. The van der Waals surface area contributed by atoms with Crippen LogP contribution in [0.5, 0.6) is 0 Å². The van der Waals surface area contributed by atoms with Gasteiger partial charge in [0.25, 0.3) is 0 Å². The molecule has 3 saturated carbocycles. The monoisotopic (exact) mass is 1060 g/mol. The molecule has 0 aromatic rings. The normalized spacial score (nSPS) is 55.9. The Balaban J connectivity index is 0.818. The van der Waals surface area contributed by atoms with Crippen LogP contribution in [-0.2, 0) is 42.6 Å². The van der Waals surface area contributed by atoms with Gasteiger partial charge in [0.1, 0.15) is 85.5 Å². The molecular formula is C51H84O23. The van der Waals surface area contributed by atoms with Gasteiger partial charge in [-0.05, 0) is 87.4 Å². The van der Waals surface area contributed by atoms with E-state index in [-0.39, 0.29) is 60.1 Å². The lowest BCUT2D eigenvalue weighted by molar-refractivity contribution is -0.370. The number of aliphatic hydroxyl groups is 14. The van der Waals surface area contributed by atoms with E-state index < -0.39 is 159 Å². The summed E-state index contributed by atoms with van der Waals surface area (Å²) in [5.74, 6) is -1.16. The van der Waals surface area contributed by atoms with E-state index in [1.807, 2.05) is 6.92 Å². The Labute approximate surface area is 430 Å². The summed E-state index contributed by atoms with van der Waals surface area (Å²) in [5.41, 5.74) is 0.289. The van der Waals surface area contributed by atoms with Crippen molar-refractivity contribution in [1.82, 2.24) is 0 Å². The summed E-state index contributed by atoms with van der Waals surface area (Å²) in [6.07, 6.45) is -23.8. The fourth-order valence-corrected chi connectivity index (χ4v) is 15.0. The number of fused-ring (bicyclic) bond motifs is 7. The van der Waals surface area contributed by atoms with E-state index in [4.69, 9.17) is 42.6 Å². The van der Waals surface area contributed by atoms with Crippen molar-refractivity contribution in [2.45, 2.75) is 240 Å². The van der Waals surface area contributed by atoms with Gasteiger partial charge in [-0.1, -0.05) is 39.3 Å². The van der Waals surface area contributed by atoms with Crippen molar-refractivity contribution in [3.63, 3.8) is 0 Å². The molecule has 8 fully saturated rings. The molecule has 0 aromatic heterocycles. The molecule has 0 radical (unpaired) electrons. The van der Waals surface area contributed by atoms with Crippen molar-refractivity contribution >= 4 is 0 Å². The van der Waals surface area contributed by atoms with Gasteiger partial charge < -0.3 is 114 Å². The van der Waals surface area contributed by atoms with Gasteiger partial charge in [0, 0.05) is 24.2 Å². The number of hydrogen-bond donors (Lipinski definition) is 14. The Bertz CT molecular complexity index is 1940. The maximum Gasteiger partial charge on any atom is 0.187 e. The van der Waals surface area contributed by atoms with Gasteiger partial charge in [0.05, 0.1) is 50.3 Å². The number of allylic oxidation sites excluding steroid dienone is 1. The van der Waals surface area contributed by atoms with E-state index >= 15 is 0 Å². The van der Waals surface area contributed by atoms with Gasteiger partial charge in [0.2, 0.25) is 0 Å².